The Hall–Kier alpha value is -0.610. The van der Waals surface area contributed by atoms with E-state index in [0.29, 0.717) is 6.54 Å². The van der Waals surface area contributed by atoms with Crippen molar-refractivity contribution in [2.24, 2.45) is 5.41 Å². The van der Waals surface area contributed by atoms with Crippen LogP contribution < -0.4 is 0 Å². The highest BCUT2D eigenvalue weighted by Gasteiger charge is 2.24. The van der Waals surface area contributed by atoms with E-state index in [4.69, 9.17) is 11.6 Å². The Morgan fingerprint density at radius 3 is 2.39 bits per heavy atom. The number of nitrogens with zero attached hydrogens (tertiary/aromatic N) is 1. The molecule has 0 aliphatic heterocycles. The van der Waals surface area contributed by atoms with Gasteiger partial charge in [-0.15, -0.1) is 0 Å². The molecule has 2 N–H and O–H groups in total. The SMILES string of the molecule is Cc1cc(CN(C)CC(C)(CO)CO)ccc1Cl. The van der Waals surface area contributed by atoms with Crippen molar-refractivity contribution in [3.8, 4) is 0 Å². The van der Waals surface area contributed by atoms with E-state index in [2.05, 4.69) is 11.0 Å². The summed E-state index contributed by atoms with van der Waals surface area (Å²) in [6, 6.07) is 5.96. The second kappa shape index (κ2) is 6.53. The van der Waals surface area contributed by atoms with Crippen LogP contribution in [0.3, 0.4) is 0 Å². The molecule has 18 heavy (non-hydrogen) atoms. The normalized spacial score (nSPS) is 12.2. The predicted octanol–water partition coefficient (Wildman–Crippen LogP) is 2.07. The summed E-state index contributed by atoms with van der Waals surface area (Å²) < 4.78 is 0. The molecule has 1 aromatic carbocycles. The molecular weight excluding hydrogens is 250 g/mol. The largest absolute Gasteiger partial charge is 0.396 e. The van der Waals surface area contributed by atoms with Gasteiger partial charge in [0.15, 0.2) is 0 Å². The minimum Gasteiger partial charge on any atom is -0.396 e. The molecule has 0 unspecified atom stereocenters. The first-order chi connectivity index (χ1) is 8.40. The highest BCUT2D eigenvalue weighted by atomic mass is 35.5. The van der Waals surface area contributed by atoms with E-state index in [-0.39, 0.29) is 13.2 Å². The van der Waals surface area contributed by atoms with Crippen LogP contribution in [0.1, 0.15) is 18.1 Å². The molecule has 0 saturated carbocycles. The number of hydrogen-bond acceptors (Lipinski definition) is 3. The Balaban J connectivity index is 2.64. The summed E-state index contributed by atoms with van der Waals surface area (Å²) in [4.78, 5) is 2.09. The van der Waals surface area contributed by atoms with Crippen LogP contribution in [0.25, 0.3) is 0 Å². The third kappa shape index (κ3) is 4.25. The molecule has 4 heteroatoms. The molecule has 1 aromatic rings. The topological polar surface area (TPSA) is 43.7 Å². The predicted molar refractivity (Wildman–Crippen MR) is 74.8 cm³/mol. The molecule has 102 valence electrons. The lowest BCUT2D eigenvalue weighted by Crippen LogP contribution is -2.38. The maximum atomic E-state index is 9.28. The second-order valence-corrected chi connectivity index (χ2v) is 5.79. The van der Waals surface area contributed by atoms with E-state index in [0.717, 1.165) is 17.1 Å². The van der Waals surface area contributed by atoms with E-state index in [1.165, 1.54) is 5.56 Å². The minimum absolute atomic E-state index is 0.0204. The number of benzene rings is 1. The molecule has 0 radical (unpaired) electrons. The highest BCUT2D eigenvalue weighted by Crippen LogP contribution is 2.19. The molecule has 0 aliphatic rings. The Morgan fingerprint density at radius 1 is 1.28 bits per heavy atom. The molecule has 0 aromatic heterocycles. The Kier molecular flexibility index (Phi) is 5.60. The summed E-state index contributed by atoms with van der Waals surface area (Å²) in [5.41, 5.74) is 1.78. The van der Waals surface area contributed by atoms with Crippen LogP contribution >= 0.6 is 11.6 Å². The van der Waals surface area contributed by atoms with E-state index in [9.17, 15) is 10.2 Å². The van der Waals surface area contributed by atoms with E-state index in [1.54, 1.807) is 0 Å². The second-order valence-electron chi connectivity index (χ2n) is 5.38. The van der Waals surface area contributed by atoms with Crippen molar-refractivity contribution in [1.29, 1.82) is 0 Å². The van der Waals surface area contributed by atoms with Crippen LogP contribution in [0.5, 0.6) is 0 Å². The van der Waals surface area contributed by atoms with Gasteiger partial charge < -0.3 is 15.1 Å². The van der Waals surface area contributed by atoms with Gasteiger partial charge in [0.2, 0.25) is 0 Å². The van der Waals surface area contributed by atoms with E-state index >= 15 is 0 Å². The quantitative estimate of drug-likeness (QED) is 0.833. The molecule has 0 atom stereocenters. The van der Waals surface area contributed by atoms with Crippen LogP contribution in [0.4, 0.5) is 0 Å². The van der Waals surface area contributed by atoms with Crippen molar-refractivity contribution in [3.05, 3.63) is 34.3 Å². The van der Waals surface area contributed by atoms with Gasteiger partial charge in [0.1, 0.15) is 0 Å². The minimum atomic E-state index is -0.462. The maximum Gasteiger partial charge on any atom is 0.0519 e. The lowest BCUT2D eigenvalue weighted by atomic mass is 9.92. The van der Waals surface area contributed by atoms with Gasteiger partial charge in [-0.3, -0.25) is 0 Å². The number of halogens is 1. The van der Waals surface area contributed by atoms with Gasteiger partial charge in [-0.2, -0.15) is 0 Å². The number of aliphatic hydroxyl groups excluding tert-OH is 2. The standard InChI is InChI=1S/C14H22ClNO2/c1-11-6-12(4-5-13(11)15)7-16(3)8-14(2,9-17)10-18/h4-6,17-18H,7-10H2,1-3H3. The van der Waals surface area contributed by atoms with Gasteiger partial charge in [0, 0.05) is 23.5 Å². The lowest BCUT2D eigenvalue weighted by molar-refractivity contribution is 0.0402. The first-order valence-electron chi connectivity index (χ1n) is 6.05. The average molecular weight is 272 g/mol. The molecule has 0 spiro atoms. The Labute approximate surface area is 114 Å². The third-order valence-electron chi connectivity index (χ3n) is 3.09. The zero-order valence-corrected chi connectivity index (χ0v) is 12.0. The third-order valence-corrected chi connectivity index (χ3v) is 3.51. The van der Waals surface area contributed by atoms with Crippen LogP contribution in [-0.2, 0) is 6.54 Å². The highest BCUT2D eigenvalue weighted by molar-refractivity contribution is 6.31. The first-order valence-corrected chi connectivity index (χ1v) is 6.43. The van der Waals surface area contributed by atoms with Crippen LogP contribution in [0.2, 0.25) is 5.02 Å². The molecule has 0 amide bonds. The van der Waals surface area contributed by atoms with Gasteiger partial charge in [0.05, 0.1) is 13.2 Å². The molecule has 0 fully saturated rings. The summed E-state index contributed by atoms with van der Waals surface area (Å²) in [6.45, 7) is 5.23. The summed E-state index contributed by atoms with van der Waals surface area (Å²) in [5, 5.41) is 19.3. The molecule has 3 nitrogen and oxygen atoms in total. The van der Waals surface area contributed by atoms with Crippen molar-refractivity contribution in [2.45, 2.75) is 20.4 Å². The van der Waals surface area contributed by atoms with Gasteiger partial charge in [-0.05, 0) is 31.2 Å². The summed E-state index contributed by atoms with van der Waals surface area (Å²) in [5.74, 6) is 0. The maximum absolute atomic E-state index is 9.28. The van der Waals surface area contributed by atoms with Crippen molar-refractivity contribution in [3.63, 3.8) is 0 Å². The van der Waals surface area contributed by atoms with Crippen molar-refractivity contribution in [1.82, 2.24) is 4.90 Å². The van der Waals surface area contributed by atoms with Crippen molar-refractivity contribution >= 4 is 11.6 Å². The summed E-state index contributed by atoms with van der Waals surface area (Å²) in [6.07, 6.45) is 0. The first kappa shape index (κ1) is 15.4. The Bertz CT molecular complexity index is 391. The smallest absolute Gasteiger partial charge is 0.0519 e. The number of rotatable bonds is 6. The van der Waals surface area contributed by atoms with E-state index in [1.807, 2.05) is 33.0 Å². The van der Waals surface area contributed by atoms with Crippen LogP contribution in [0, 0.1) is 12.3 Å². The number of aryl methyl sites for hydroxylation is 1. The van der Waals surface area contributed by atoms with Gasteiger partial charge in [0.25, 0.3) is 0 Å². The van der Waals surface area contributed by atoms with Crippen LogP contribution in [-0.4, -0.2) is 41.9 Å². The van der Waals surface area contributed by atoms with Gasteiger partial charge in [-0.25, -0.2) is 0 Å². The molecular formula is C14H22ClNO2. The van der Waals surface area contributed by atoms with E-state index < -0.39 is 5.41 Å². The van der Waals surface area contributed by atoms with Gasteiger partial charge >= 0.3 is 0 Å². The Morgan fingerprint density at radius 2 is 1.89 bits per heavy atom. The monoisotopic (exact) mass is 271 g/mol. The van der Waals surface area contributed by atoms with Crippen molar-refractivity contribution < 1.29 is 10.2 Å². The molecule has 0 bridgehead atoms. The molecule has 0 heterocycles. The lowest BCUT2D eigenvalue weighted by Gasteiger charge is -2.30. The fourth-order valence-corrected chi connectivity index (χ4v) is 2.09. The summed E-state index contributed by atoms with van der Waals surface area (Å²) >= 11 is 5.99. The number of aliphatic hydroxyl groups is 2. The average Bonchev–Trinajstić information content (AvgIpc) is 2.33. The fraction of sp³-hybridized carbons (Fsp3) is 0.571. The summed E-state index contributed by atoms with van der Waals surface area (Å²) in [7, 11) is 1.98. The molecule has 0 saturated heterocycles. The van der Waals surface area contributed by atoms with Crippen molar-refractivity contribution in [2.75, 3.05) is 26.8 Å². The van der Waals surface area contributed by atoms with Crippen LogP contribution in [0.15, 0.2) is 18.2 Å². The number of hydrogen-bond donors (Lipinski definition) is 2. The zero-order chi connectivity index (χ0) is 13.8. The van der Waals surface area contributed by atoms with Gasteiger partial charge in [-0.1, -0.05) is 30.7 Å². The molecule has 0 aliphatic carbocycles. The molecule has 1 rings (SSSR count). The fourth-order valence-electron chi connectivity index (χ4n) is 1.97. The zero-order valence-electron chi connectivity index (χ0n) is 11.3.